The molecule has 1 heterocycles. The van der Waals surface area contributed by atoms with Crippen molar-refractivity contribution in [2.24, 2.45) is 5.92 Å². The van der Waals surface area contributed by atoms with Crippen LogP contribution in [0.2, 0.25) is 0 Å². The molecule has 1 aliphatic heterocycles. The van der Waals surface area contributed by atoms with E-state index in [1.807, 2.05) is 0 Å². The fourth-order valence-corrected chi connectivity index (χ4v) is 20.5. The Morgan fingerprint density at radius 3 is 2.88 bits per heavy atom. The molecule has 1 aliphatic carbocycles. The first kappa shape index (κ1) is 5.86. The van der Waals surface area contributed by atoms with Gasteiger partial charge < -0.3 is 0 Å². The average Bonchev–Trinajstić information content (AvgIpc) is 2.46. The van der Waals surface area contributed by atoms with Crippen LogP contribution in [0.4, 0.5) is 0 Å². The van der Waals surface area contributed by atoms with Crippen LogP contribution in [-0.4, -0.2) is 12.0 Å². The Morgan fingerprint density at radius 2 is 2.62 bits per heavy atom. The summed E-state index contributed by atoms with van der Waals surface area (Å²) in [5, 5.41) is 0. The summed E-state index contributed by atoms with van der Waals surface area (Å²) >= 11 is 0.181. The van der Waals surface area contributed by atoms with Gasteiger partial charge in [-0.15, -0.1) is 0 Å². The molecular weight excluding hydrogens is 326 g/mol. The molecule has 0 saturated heterocycles. The molecule has 8 heavy (non-hydrogen) atoms. The Labute approximate surface area is 61.6 Å². The molecule has 0 nitrogen and oxygen atoms in total. The van der Waals surface area contributed by atoms with E-state index in [0.717, 1.165) is 0 Å². The van der Waals surface area contributed by atoms with Crippen LogP contribution in [0.25, 0.3) is 0 Å². The summed E-state index contributed by atoms with van der Waals surface area (Å²) in [6.07, 6.45) is 1.58. The van der Waals surface area contributed by atoms with E-state index in [-0.39, 0.29) is 0 Å². The smallest absolute Gasteiger partial charge is 0.0169 e. The van der Waals surface area contributed by atoms with Crippen molar-refractivity contribution >= 4 is 35.0 Å². The van der Waals surface area contributed by atoms with Crippen LogP contribution >= 0.6 is 31.3 Å². The lowest BCUT2D eigenvalue weighted by Gasteiger charge is -1.75. The molecule has 2 aliphatic rings. The first-order chi connectivity index (χ1) is 3.92. The van der Waals surface area contributed by atoms with Crippen LogP contribution in [0.3, 0.4) is 0 Å². The molecule has 0 aromatic carbocycles. The fourth-order valence-electron chi connectivity index (χ4n) is 0.952. The van der Waals surface area contributed by atoms with Gasteiger partial charge in [-0.25, -0.2) is 0 Å². The van der Waals surface area contributed by atoms with Gasteiger partial charge in [0.05, 0.1) is 0 Å². The second-order valence-electron chi connectivity index (χ2n) is 2.16. The molecule has 0 aromatic rings. The van der Waals surface area contributed by atoms with Crippen molar-refractivity contribution < 1.29 is 0 Å². The van der Waals surface area contributed by atoms with Gasteiger partial charge in [0.2, 0.25) is 0 Å². The highest BCUT2D eigenvalue weighted by molar-refractivity contribution is 14.8. The summed E-state index contributed by atoms with van der Waals surface area (Å²) in [4.78, 5) is 0. The van der Waals surface area contributed by atoms with E-state index in [2.05, 4.69) is 10.2 Å². The Hall–Kier alpha value is 1.11. The van der Waals surface area contributed by atoms with Gasteiger partial charge in [-0.1, -0.05) is 41.6 Å². The largest absolute Gasteiger partial charge is 0.0947 e. The molecule has 0 aromatic heterocycles. The van der Waals surface area contributed by atoms with E-state index >= 15 is 0 Å². The van der Waals surface area contributed by atoms with Crippen molar-refractivity contribution in [3.63, 3.8) is 0 Å². The van der Waals surface area contributed by atoms with Gasteiger partial charge in [-0.05, 0) is 12.3 Å². The highest BCUT2D eigenvalue weighted by atomic mass is 128. The SMILES string of the molecule is C=C=I1=ICC2C[C@H]21. The number of fused-ring (bicyclic) bond motifs is 1. The number of alkyl halides is 2. The molecule has 0 N–H and O–H groups in total. The summed E-state index contributed by atoms with van der Waals surface area (Å²) in [7, 11) is 0. The van der Waals surface area contributed by atoms with Gasteiger partial charge >= 0.3 is 0 Å². The van der Waals surface area contributed by atoms with Crippen LogP contribution in [0, 0.1) is 5.92 Å². The molecule has 2 heteroatoms. The van der Waals surface area contributed by atoms with E-state index in [1.54, 1.807) is 10.8 Å². The standard InChI is InChI=1S/C6H8I2/c1-2-8-6-3-5(6)4-7-8/h5-6H,1,3-4H2/t5?,6-/m1/s1. The summed E-state index contributed by atoms with van der Waals surface area (Å²) in [6, 6.07) is 0. The molecule has 1 fully saturated rings. The molecular formula is C6H8I2. The second-order valence-corrected chi connectivity index (χ2v) is 17.2. The Morgan fingerprint density at radius 1 is 1.75 bits per heavy atom. The molecule has 1 saturated carbocycles. The lowest BCUT2D eigenvalue weighted by Crippen LogP contribution is -1.71. The minimum Gasteiger partial charge on any atom is -0.0947 e. The number of halogens is 2. The van der Waals surface area contributed by atoms with E-state index in [0.29, 0.717) is 16.6 Å². The third-order valence-corrected chi connectivity index (χ3v) is 19.7. The van der Waals surface area contributed by atoms with Gasteiger partial charge in [0.1, 0.15) is 0 Å². The Balaban J connectivity index is 2.49. The Kier molecular flexibility index (Phi) is 1.51. The lowest BCUT2D eigenvalue weighted by atomic mass is 10.5. The van der Waals surface area contributed by atoms with Gasteiger partial charge in [0, 0.05) is 8.35 Å². The molecule has 2 atom stereocenters. The second kappa shape index (κ2) is 2.06. The molecule has 0 bridgehead atoms. The van der Waals surface area contributed by atoms with Gasteiger partial charge in [-0.2, -0.15) is 0 Å². The molecule has 0 spiro atoms. The van der Waals surface area contributed by atoms with E-state index in [9.17, 15) is 0 Å². The van der Waals surface area contributed by atoms with Gasteiger partial charge in [0.15, 0.2) is 0 Å². The summed E-state index contributed by atoms with van der Waals surface area (Å²) < 4.78 is 6.17. The molecule has 0 amide bonds. The van der Waals surface area contributed by atoms with Gasteiger partial charge in [-0.3, -0.25) is 0 Å². The minimum atomic E-state index is -0.487. The monoisotopic (exact) mass is 334 g/mol. The number of rotatable bonds is 0. The van der Waals surface area contributed by atoms with E-state index < -0.39 is 14.7 Å². The van der Waals surface area contributed by atoms with Crippen molar-refractivity contribution in [1.29, 1.82) is 0 Å². The van der Waals surface area contributed by atoms with Crippen LogP contribution in [0.15, 0.2) is 6.58 Å². The van der Waals surface area contributed by atoms with Crippen LogP contribution in [0.1, 0.15) is 6.42 Å². The molecule has 46 valence electrons. The van der Waals surface area contributed by atoms with Crippen LogP contribution < -0.4 is 0 Å². The lowest BCUT2D eigenvalue weighted by molar-refractivity contribution is 1.04. The zero-order chi connectivity index (χ0) is 5.56. The fraction of sp³-hybridized carbons (Fsp3) is 0.667. The topological polar surface area (TPSA) is 0 Å². The summed E-state index contributed by atoms with van der Waals surface area (Å²) in [5.74, 6) is 1.21. The first-order valence-electron chi connectivity index (χ1n) is 2.73. The summed E-state index contributed by atoms with van der Waals surface area (Å²) in [6.45, 7) is 3.79. The highest BCUT2D eigenvalue weighted by Crippen LogP contribution is 2.58. The van der Waals surface area contributed by atoms with Crippen molar-refractivity contribution in [2.45, 2.75) is 10.3 Å². The first-order valence-corrected chi connectivity index (χ1v) is 12.9. The third kappa shape index (κ3) is 0.809. The average molecular weight is 334 g/mol. The van der Waals surface area contributed by atoms with Crippen molar-refractivity contribution in [3.8, 4) is 0 Å². The minimum absolute atomic E-state index is 0.487. The zero-order valence-corrected chi connectivity index (χ0v) is 8.85. The number of hydrogen-bond acceptors (Lipinski definition) is 0. The summed E-state index contributed by atoms with van der Waals surface area (Å²) in [5.41, 5.74) is 0. The molecule has 0 radical (unpaired) electrons. The third-order valence-electron chi connectivity index (χ3n) is 1.58. The van der Waals surface area contributed by atoms with Crippen LogP contribution in [0.5, 0.6) is 0 Å². The van der Waals surface area contributed by atoms with E-state index in [4.69, 9.17) is 0 Å². The predicted molar refractivity (Wildman–Crippen MR) is 55.4 cm³/mol. The highest BCUT2D eigenvalue weighted by Gasteiger charge is 2.40. The molecule has 1 unspecified atom stereocenters. The normalized spacial score (nSPS) is 43.5. The number of hydrogen-bond donors (Lipinski definition) is 0. The predicted octanol–water partition coefficient (Wildman–Crippen LogP) is 2.37. The maximum absolute atomic E-state index is 3.79. The maximum atomic E-state index is 3.79. The van der Waals surface area contributed by atoms with Crippen LogP contribution in [-0.2, 0) is 0 Å². The molecule has 2 rings (SSSR count). The maximum Gasteiger partial charge on any atom is 0.0169 e. The van der Waals surface area contributed by atoms with Crippen molar-refractivity contribution in [3.05, 3.63) is 6.58 Å². The quantitative estimate of drug-likeness (QED) is 0.471. The van der Waals surface area contributed by atoms with E-state index in [1.165, 1.54) is 9.84 Å². The van der Waals surface area contributed by atoms with Crippen molar-refractivity contribution in [1.82, 2.24) is 0 Å². The van der Waals surface area contributed by atoms with Crippen molar-refractivity contribution in [2.75, 3.05) is 4.43 Å². The zero-order valence-electron chi connectivity index (χ0n) is 4.53. The van der Waals surface area contributed by atoms with Gasteiger partial charge in [0.25, 0.3) is 0 Å². The Bertz CT molecular complexity index is 217.